The number of nitrogens with one attached hydrogen (secondary N) is 2. The molecule has 0 bridgehead atoms. The fourth-order valence-electron chi connectivity index (χ4n) is 1.55. The van der Waals surface area contributed by atoms with Crippen LogP contribution in [0.2, 0.25) is 0 Å². The average Bonchev–Trinajstić information content (AvgIpc) is 3.08. The maximum atomic E-state index is 11.9. The first kappa shape index (κ1) is 14.2. The van der Waals surface area contributed by atoms with E-state index in [0.717, 1.165) is 30.1 Å². The summed E-state index contributed by atoms with van der Waals surface area (Å²) >= 11 is 3.06. The van der Waals surface area contributed by atoms with E-state index in [1.165, 1.54) is 11.3 Å². The van der Waals surface area contributed by atoms with E-state index in [1.54, 1.807) is 17.5 Å². The van der Waals surface area contributed by atoms with Crippen molar-refractivity contribution >= 4 is 28.6 Å². The number of amides is 1. The predicted octanol–water partition coefficient (Wildman–Crippen LogP) is 2.60. The van der Waals surface area contributed by atoms with Crippen molar-refractivity contribution in [1.82, 2.24) is 15.6 Å². The number of thiophene rings is 1. The minimum atomic E-state index is -0.0442. The van der Waals surface area contributed by atoms with Crippen LogP contribution in [0.4, 0.5) is 0 Å². The van der Waals surface area contributed by atoms with E-state index in [2.05, 4.69) is 22.5 Å². The molecule has 0 saturated carbocycles. The number of aromatic nitrogens is 1. The van der Waals surface area contributed by atoms with Crippen LogP contribution >= 0.6 is 22.7 Å². The molecule has 2 aromatic rings. The third-order valence-corrected chi connectivity index (χ3v) is 4.24. The van der Waals surface area contributed by atoms with Crippen molar-refractivity contribution in [3.63, 3.8) is 0 Å². The second kappa shape index (κ2) is 7.37. The van der Waals surface area contributed by atoms with Crippen molar-refractivity contribution < 1.29 is 4.79 Å². The molecule has 6 heteroatoms. The molecular weight excluding hydrogens is 278 g/mol. The number of thiazole rings is 1. The van der Waals surface area contributed by atoms with Crippen LogP contribution in [-0.2, 0) is 0 Å². The molecule has 19 heavy (non-hydrogen) atoms. The fourth-order valence-corrected chi connectivity index (χ4v) is 3.10. The largest absolute Gasteiger partial charge is 0.350 e. The molecule has 0 saturated heterocycles. The second-order valence-corrected chi connectivity index (χ2v) is 5.86. The smallest absolute Gasteiger partial charge is 0.263 e. The highest BCUT2D eigenvalue weighted by atomic mass is 32.1. The highest BCUT2D eigenvalue weighted by molar-refractivity contribution is 7.17. The summed E-state index contributed by atoms with van der Waals surface area (Å²) in [7, 11) is 0. The van der Waals surface area contributed by atoms with Crippen LogP contribution in [0.25, 0.3) is 10.6 Å². The summed E-state index contributed by atoms with van der Waals surface area (Å²) in [5.74, 6) is -0.0442. The normalized spacial score (nSPS) is 10.6. The Balaban J connectivity index is 1.83. The Hall–Kier alpha value is -1.24. The zero-order valence-corrected chi connectivity index (χ0v) is 12.4. The highest BCUT2D eigenvalue weighted by Gasteiger charge is 2.11. The summed E-state index contributed by atoms with van der Waals surface area (Å²) in [5, 5.41) is 11.1. The van der Waals surface area contributed by atoms with Gasteiger partial charge in [0.2, 0.25) is 0 Å². The van der Waals surface area contributed by atoms with Crippen LogP contribution in [0.1, 0.15) is 23.0 Å². The maximum Gasteiger partial charge on any atom is 0.263 e. The van der Waals surface area contributed by atoms with Crippen LogP contribution in [-0.4, -0.2) is 30.5 Å². The fraction of sp³-hybridized carbons (Fsp3) is 0.385. The Morgan fingerprint density at radius 2 is 2.26 bits per heavy atom. The first-order chi connectivity index (χ1) is 9.31. The zero-order chi connectivity index (χ0) is 13.5. The van der Waals surface area contributed by atoms with Crippen molar-refractivity contribution in [2.75, 3.05) is 19.6 Å². The van der Waals surface area contributed by atoms with E-state index in [0.29, 0.717) is 11.4 Å². The SMILES string of the molecule is CCCNCCNC(=O)c1cnc(-c2ccsc2)s1. The van der Waals surface area contributed by atoms with Gasteiger partial charge in [-0.05, 0) is 24.4 Å². The van der Waals surface area contributed by atoms with Gasteiger partial charge in [0.15, 0.2) is 0 Å². The molecule has 0 fully saturated rings. The molecule has 0 aliphatic heterocycles. The Morgan fingerprint density at radius 3 is 3.00 bits per heavy atom. The van der Waals surface area contributed by atoms with Crippen molar-refractivity contribution in [3.05, 3.63) is 27.9 Å². The zero-order valence-electron chi connectivity index (χ0n) is 10.8. The summed E-state index contributed by atoms with van der Waals surface area (Å²) < 4.78 is 0. The Morgan fingerprint density at radius 1 is 1.37 bits per heavy atom. The molecule has 0 radical (unpaired) electrons. The van der Waals surface area contributed by atoms with Gasteiger partial charge in [0.05, 0.1) is 6.20 Å². The molecule has 4 nitrogen and oxygen atoms in total. The van der Waals surface area contributed by atoms with Crippen molar-refractivity contribution in [2.24, 2.45) is 0 Å². The molecule has 2 heterocycles. The molecule has 0 aromatic carbocycles. The van der Waals surface area contributed by atoms with Gasteiger partial charge in [-0.2, -0.15) is 11.3 Å². The second-order valence-electron chi connectivity index (χ2n) is 4.05. The van der Waals surface area contributed by atoms with Crippen molar-refractivity contribution in [1.29, 1.82) is 0 Å². The van der Waals surface area contributed by atoms with E-state index in [9.17, 15) is 4.79 Å². The van der Waals surface area contributed by atoms with Gasteiger partial charge in [-0.1, -0.05) is 6.92 Å². The lowest BCUT2D eigenvalue weighted by Gasteiger charge is -2.04. The summed E-state index contributed by atoms with van der Waals surface area (Å²) in [4.78, 5) is 16.8. The monoisotopic (exact) mass is 295 g/mol. The van der Waals surface area contributed by atoms with Crippen LogP contribution in [0.5, 0.6) is 0 Å². The highest BCUT2D eigenvalue weighted by Crippen LogP contribution is 2.26. The minimum Gasteiger partial charge on any atom is -0.350 e. The van der Waals surface area contributed by atoms with E-state index in [4.69, 9.17) is 0 Å². The third kappa shape index (κ3) is 4.12. The quantitative estimate of drug-likeness (QED) is 0.772. The van der Waals surface area contributed by atoms with Crippen molar-refractivity contribution in [2.45, 2.75) is 13.3 Å². The van der Waals surface area contributed by atoms with Crippen LogP contribution < -0.4 is 10.6 Å². The van der Waals surface area contributed by atoms with Gasteiger partial charge in [-0.25, -0.2) is 4.98 Å². The van der Waals surface area contributed by atoms with Gasteiger partial charge in [0, 0.05) is 24.0 Å². The molecule has 2 aromatic heterocycles. The molecule has 0 unspecified atom stereocenters. The summed E-state index contributed by atoms with van der Waals surface area (Å²) in [6.45, 7) is 4.55. The number of carbonyl (C=O) groups excluding carboxylic acids is 1. The first-order valence-electron chi connectivity index (χ1n) is 6.28. The maximum absolute atomic E-state index is 11.9. The number of hydrogen-bond acceptors (Lipinski definition) is 5. The van der Waals surface area contributed by atoms with Crippen LogP contribution in [0, 0.1) is 0 Å². The molecule has 0 atom stereocenters. The van der Waals surface area contributed by atoms with E-state index in [1.807, 2.05) is 16.8 Å². The summed E-state index contributed by atoms with van der Waals surface area (Å²) in [5.41, 5.74) is 1.08. The topological polar surface area (TPSA) is 54.0 Å². The predicted molar refractivity (Wildman–Crippen MR) is 80.9 cm³/mol. The van der Waals surface area contributed by atoms with Crippen LogP contribution in [0.15, 0.2) is 23.0 Å². The molecular formula is C13H17N3OS2. The summed E-state index contributed by atoms with van der Waals surface area (Å²) in [6, 6.07) is 2.01. The van der Waals surface area contributed by atoms with Gasteiger partial charge >= 0.3 is 0 Å². The molecule has 0 aliphatic carbocycles. The number of carbonyl (C=O) groups is 1. The van der Waals surface area contributed by atoms with Gasteiger partial charge in [-0.3, -0.25) is 4.79 Å². The lowest BCUT2D eigenvalue weighted by atomic mass is 10.4. The van der Waals surface area contributed by atoms with Gasteiger partial charge < -0.3 is 10.6 Å². The number of rotatable bonds is 7. The Bertz CT molecular complexity index is 508. The lowest BCUT2D eigenvalue weighted by molar-refractivity contribution is 0.0958. The lowest BCUT2D eigenvalue weighted by Crippen LogP contribution is -2.31. The van der Waals surface area contributed by atoms with Crippen LogP contribution in [0.3, 0.4) is 0 Å². The molecule has 1 amide bonds. The average molecular weight is 295 g/mol. The Labute approximate surface area is 120 Å². The number of hydrogen-bond donors (Lipinski definition) is 2. The van der Waals surface area contributed by atoms with E-state index < -0.39 is 0 Å². The molecule has 2 N–H and O–H groups in total. The number of nitrogens with zero attached hydrogens (tertiary/aromatic N) is 1. The van der Waals surface area contributed by atoms with E-state index in [-0.39, 0.29) is 5.91 Å². The molecule has 0 aliphatic rings. The van der Waals surface area contributed by atoms with Gasteiger partial charge in [0.1, 0.15) is 9.88 Å². The first-order valence-corrected chi connectivity index (χ1v) is 8.04. The van der Waals surface area contributed by atoms with E-state index >= 15 is 0 Å². The van der Waals surface area contributed by atoms with Gasteiger partial charge in [0.25, 0.3) is 5.91 Å². The van der Waals surface area contributed by atoms with Gasteiger partial charge in [-0.15, -0.1) is 11.3 Å². The standard InChI is InChI=1S/C13H17N3OS2/c1-2-4-14-5-6-15-12(17)11-8-16-13(19-11)10-3-7-18-9-10/h3,7-9,14H,2,4-6H2,1H3,(H,15,17). The molecule has 2 rings (SSSR count). The minimum absolute atomic E-state index is 0.0442. The molecule has 0 spiro atoms. The van der Waals surface area contributed by atoms with Crippen molar-refractivity contribution in [3.8, 4) is 10.6 Å². The Kier molecular flexibility index (Phi) is 5.50. The summed E-state index contributed by atoms with van der Waals surface area (Å²) in [6.07, 6.45) is 2.75. The third-order valence-electron chi connectivity index (χ3n) is 2.51. The molecule has 102 valence electrons.